The highest BCUT2D eigenvalue weighted by molar-refractivity contribution is 8.17. The zero-order chi connectivity index (χ0) is 26.7. The predicted octanol–water partition coefficient (Wildman–Crippen LogP) is 5.72. The van der Waals surface area contributed by atoms with E-state index in [0.717, 1.165) is 29.4 Å². The minimum Gasteiger partial charge on any atom is -0.461 e. The van der Waals surface area contributed by atoms with Crippen molar-refractivity contribution >= 4 is 45.5 Å². The van der Waals surface area contributed by atoms with Crippen LogP contribution in [0, 0.1) is 10.1 Å². The number of ether oxygens (including phenoxy) is 1. The highest BCUT2D eigenvalue weighted by Gasteiger charge is 2.53. The van der Waals surface area contributed by atoms with Crippen molar-refractivity contribution in [1.29, 1.82) is 0 Å². The molecule has 38 heavy (non-hydrogen) atoms. The molecule has 1 unspecified atom stereocenters. The van der Waals surface area contributed by atoms with Crippen LogP contribution in [-0.2, 0) is 16.0 Å². The molecule has 5 rings (SSSR count). The van der Waals surface area contributed by atoms with Crippen LogP contribution in [0.25, 0.3) is 0 Å². The smallest absolute Gasteiger partial charge is 0.365 e. The first kappa shape index (κ1) is 25.2. The Morgan fingerprint density at radius 1 is 0.974 bits per heavy atom. The topological polar surface area (TPSA) is 101 Å². The largest absolute Gasteiger partial charge is 0.461 e. The fraction of sp³-hybridized carbons (Fsp3) is 0.179. The summed E-state index contributed by atoms with van der Waals surface area (Å²) in [6.45, 7) is 3.99. The van der Waals surface area contributed by atoms with E-state index < -0.39 is 15.9 Å². The molecule has 0 N–H and O–H groups in total. The lowest BCUT2D eigenvalue weighted by Crippen LogP contribution is -2.54. The minimum atomic E-state index is -1.25. The lowest BCUT2D eigenvalue weighted by molar-refractivity contribution is -0.384. The molecule has 3 aromatic carbocycles. The Kier molecular flexibility index (Phi) is 6.97. The highest BCUT2D eigenvalue weighted by atomic mass is 32.2. The van der Waals surface area contributed by atoms with Gasteiger partial charge in [0, 0.05) is 11.6 Å². The number of esters is 1. The number of nitro groups is 1. The number of carbonyl (C=O) groups is 1. The fourth-order valence-electron chi connectivity index (χ4n) is 4.25. The SMILES string of the molecule is CCOC(=O)C1=NN(c2ccccc2[N+](=O)[O-])C2(C=CC(c3ccc(CC)cc3)=NN2c2ccccc2)S1. The maximum atomic E-state index is 12.8. The van der Waals surface area contributed by atoms with Crippen LogP contribution in [0.15, 0.2) is 101 Å². The molecule has 2 heterocycles. The molecular formula is C28H25N5O4S. The van der Waals surface area contributed by atoms with E-state index in [-0.39, 0.29) is 23.0 Å². The second-order valence-electron chi connectivity index (χ2n) is 8.46. The molecule has 0 saturated carbocycles. The first-order valence-corrected chi connectivity index (χ1v) is 13.0. The van der Waals surface area contributed by atoms with Crippen LogP contribution < -0.4 is 10.0 Å². The van der Waals surface area contributed by atoms with Gasteiger partial charge in [-0.05, 0) is 61.0 Å². The number of nitro benzene ring substituents is 1. The molecule has 1 spiro atoms. The van der Waals surface area contributed by atoms with Gasteiger partial charge in [0.2, 0.25) is 10.0 Å². The third-order valence-corrected chi connectivity index (χ3v) is 7.35. The number of para-hydroxylation sites is 3. The number of rotatable bonds is 7. The highest BCUT2D eigenvalue weighted by Crippen LogP contribution is 2.49. The molecule has 0 bridgehead atoms. The summed E-state index contributed by atoms with van der Waals surface area (Å²) in [6.07, 6.45) is 4.66. The fourth-order valence-corrected chi connectivity index (χ4v) is 5.40. The van der Waals surface area contributed by atoms with Crippen molar-refractivity contribution in [3.05, 3.63) is 112 Å². The summed E-state index contributed by atoms with van der Waals surface area (Å²) < 4.78 is 5.25. The Balaban J connectivity index is 1.68. The third-order valence-electron chi connectivity index (χ3n) is 6.13. The average molecular weight is 528 g/mol. The summed E-state index contributed by atoms with van der Waals surface area (Å²) in [5.41, 5.74) is 3.63. The van der Waals surface area contributed by atoms with Crippen molar-refractivity contribution in [3.8, 4) is 0 Å². The van der Waals surface area contributed by atoms with Gasteiger partial charge in [-0.1, -0.05) is 61.5 Å². The molecule has 0 radical (unpaired) electrons. The van der Waals surface area contributed by atoms with E-state index in [0.29, 0.717) is 5.71 Å². The maximum absolute atomic E-state index is 12.8. The number of anilines is 2. The molecule has 3 aromatic rings. The van der Waals surface area contributed by atoms with E-state index in [1.54, 1.807) is 30.1 Å². The second kappa shape index (κ2) is 10.5. The molecule has 9 nitrogen and oxygen atoms in total. The molecule has 0 saturated heterocycles. The number of aryl methyl sites for hydroxylation is 1. The van der Waals surface area contributed by atoms with Gasteiger partial charge < -0.3 is 4.74 Å². The Labute approximate surface area is 224 Å². The lowest BCUT2D eigenvalue weighted by atomic mass is 10.0. The van der Waals surface area contributed by atoms with Crippen molar-refractivity contribution in [2.75, 3.05) is 16.6 Å². The standard InChI is InChI=1S/C28H25N5O4S/c1-3-20-14-16-21(17-15-20)23-18-19-28(31(29-23)22-10-6-5-7-11-22)32(30-26(38-28)27(34)37-4-2)24-12-8-9-13-25(24)33(35)36/h5-19H,3-4H2,1-2H3. The Morgan fingerprint density at radius 2 is 1.68 bits per heavy atom. The van der Waals surface area contributed by atoms with Crippen LogP contribution in [-0.4, -0.2) is 33.2 Å². The predicted molar refractivity (Wildman–Crippen MR) is 150 cm³/mol. The number of benzene rings is 3. The van der Waals surface area contributed by atoms with Gasteiger partial charge in [-0.3, -0.25) is 10.1 Å². The van der Waals surface area contributed by atoms with Crippen LogP contribution in [0.5, 0.6) is 0 Å². The van der Waals surface area contributed by atoms with Gasteiger partial charge in [-0.15, -0.1) is 0 Å². The number of hydrogen-bond donors (Lipinski definition) is 0. The first-order valence-electron chi connectivity index (χ1n) is 12.2. The van der Waals surface area contributed by atoms with E-state index >= 15 is 0 Å². The van der Waals surface area contributed by atoms with Crippen molar-refractivity contribution in [3.63, 3.8) is 0 Å². The van der Waals surface area contributed by atoms with Gasteiger partial charge in [0.05, 0.1) is 22.9 Å². The first-order chi connectivity index (χ1) is 18.5. The maximum Gasteiger partial charge on any atom is 0.365 e. The summed E-state index contributed by atoms with van der Waals surface area (Å²) in [5.74, 6) is -0.607. The van der Waals surface area contributed by atoms with Crippen molar-refractivity contribution < 1.29 is 14.5 Å². The number of hydrazone groups is 2. The zero-order valence-electron chi connectivity index (χ0n) is 20.9. The molecule has 0 aromatic heterocycles. The van der Waals surface area contributed by atoms with Crippen molar-refractivity contribution in [1.82, 2.24) is 0 Å². The number of carbonyl (C=O) groups excluding carboxylic acids is 1. The van der Waals surface area contributed by atoms with E-state index in [1.807, 2.05) is 54.6 Å². The molecular weight excluding hydrogens is 502 g/mol. The van der Waals surface area contributed by atoms with Crippen molar-refractivity contribution in [2.24, 2.45) is 10.2 Å². The lowest BCUT2D eigenvalue weighted by Gasteiger charge is -2.43. The third kappa shape index (κ3) is 4.54. The number of thioether (sulfide) groups is 1. The summed E-state index contributed by atoms with van der Waals surface area (Å²) in [7, 11) is 0. The number of allylic oxidation sites excluding steroid dienone is 1. The molecule has 0 fully saturated rings. The Morgan fingerprint density at radius 3 is 2.37 bits per heavy atom. The number of nitrogens with zero attached hydrogens (tertiary/aromatic N) is 5. The zero-order valence-corrected chi connectivity index (χ0v) is 21.7. The van der Waals surface area contributed by atoms with Crippen LogP contribution in [0.4, 0.5) is 17.1 Å². The van der Waals surface area contributed by atoms with Crippen LogP contribution in [0.2, 0.25) is 0 Å². The molecule has 0 aliphatic carbocycles. The summed E-state index contributed by atoms with van der Waals surface area (Å²) in [4.78, 5) is 23.1. The van der Waals surface area contributed by atoms with E-state index in [2.05, 4.69) is 24.2 Å². The monoisotopic (exact) mass is 527 g/mol. The molecule has 0 amide bonds. The summed E-state index contributed by atoms with van der Waals surface area (Å²) >= 11 is 1.12. The van der Waals surface area contributed by atoms with E-state index in [1.165, 1.54) is 16.6 Å². The second-order valence-corrected chi connectivity index (χ2v) is 9.65. The minimum absolute atomic E-state index is 0.0709. The molecule has 2 aliphatic heterocycles. The quantitative estimate of drug-likeness (QED) is 0.220. The summed E-state index contributed by atoms with van der Waals surface area (Å²) in [6, 6.07) is 23.9. The van der Waals surface area contributed by atoms with E-state index in [9.17, 15) is 14.9 Å². The normalized spacial score (nSPS) is 18.4. The van der Waals surface area contributed by atoms with Gasteiger partial charge in [-0.25, -0.2) is 14.8 Å². The van der Waals surface area contributed by atoms with Crippen LogP contribution in [0.3, 0.4) is 0 Å². The molecule has 1 atom stereocenters. The van der Waals surface area contributed by atoms with E-state index in [4.69, 9.17) is 9.84 Å². The van der Waals surface area contributed by atoms with Gasteiger partial charge in [0.25, 0.3) is 5.69 Å². The van der Waals surface area contributed by atoms with Gasteiger partial charge in [0.1, 0.15) is 5.69 Å². The number of hydrogen-bond acceptors (Lipinski definition) is 9. The molecule has 10 heteroatoms. The van der Waals surface area contributed by atoms with Crippen LogP contribution >= 0.6 is 11.8 Å². The van der Waals surface area contributed by atoms with Gasteiger partial charge in [0.15, 0.2) is 0 Å². The van der Waals surface area contributed by atoms with Crippen molar-refractivity contribution in [2.45, 2.75) is 25.3 Å². The molecule has 192 valence electrons. The Bertz CT molecular complexity index is 1460. The van der Waals surface area contributed by atoms with Crippen LogP contribution in [0.1, 0.15) is 25.0 Å². The van der Waals surface area contributed by atoms with Gasteiger partial charge >= 0.3 is 5.97 Å². The molecule has 2 aliphatic rings. The summed E-state index contributed by atoms with van der Waals surface area (Å²) in [5, 5.41) is 24.8. The Hall–Kier alpha value is -4.44. The average Bonchev–Trinajstić information content (AvgIpc) is 3.33. The van der Waals surface area contributed by atoms with Gasteiger partial charge in [-0.2, -0.15) is 10.2 Å².